The van der Waals surface area contributed by atoms with Crippen molar-refractivity contribution in [3.63, 3.8) is 0 Å². The summed E-state index contributed by atoms with van der Waals surface area (Å²) in [6, 6.07) is 8.03. The first-order chi connectivity index (χ1) is 8.58. The molecule has 0 fully saturated rings. The summed E-state index contributed by atoms with van der Waals surface area (Å²) in [7, 11) is 0. The van der Waals surface area contributed by atoms with Crippen LogP contribution < -0.4 is 11.1 Å². The lowest BCUT2D eigenvalue weighted by Gasteiger charge is -2.07. The van der Waals surface area contributed by atoms with Gasteiger partial charge in [-0.2, -0.15) is 0 Å². The Bertz CT molecular complexity index is 588. The smallest absolute Gasteiger partial charge is 0.291 e. The molecule has 5 heteroatoms. The summed E-state index contributed by atoms with van der Waals surface area (Å²) in [6.45, 7) is 1.78. The van der Waals surface area contributed by atoms with Gasteiger partial charge >= 0.3 is 0 Å². The number of carbonyl (C=O) groups excluding carboxylic acids is 2. The highest BCUT2D eigenvalue weighted by Gasteiger charge is 2.11. The first-order valence-electron chi connectivity index (χ1n) is 5.33. The van der Waals surface area contributed by atoms with Gasteiger partial charge in [0, 0.05) is 11.3 Å². The van der Waals surface area contributed by atoms with Crippen molar-refractivity contribution in [2.24, 2.45) is 5.73 Å². The number of furan rings is 1. The molecular formula is C13H12N2O3. The summed E-state index contributed by atoms with van der Waals surface area (Å²) in [5, 5.41) is 2.69. The molecule has 0 spiro atoms. The predicted octanol–water partition coefficient (Wildman–Crippen LogP) is 1.94. The van der Waals surface area contributed by atoms with Crippen molar-refractivity contribution in [3.05, 3.63) is 53.5 Å². The molecule has 1 heterocycles. The second-order valence-corrected chi connectivity index (χ2v) is 3.83. The van der Waals surface area contributed by atoms with Crippen LogP contribution in [-0.4, -0.2) is 11.8 Å². The van der Waals surface area contributed by atoms with E-state index in [2.05, 4.69) is 5.32 Å². The van der Waals surface area contributed by atoms with Crippen molar-refractivity contribution in [1.82, 2.24) is 0 Å². The van der Waals surface area contributed by atoms with E-state index in [9.17, 15) is 9.59 Å². The maximum absolute atomic E-state index is 11.7. The van der Waals surface area contributed by atoms with Crippen LogP contribution in [0.25, 0.3) is 0 Å². The van der Waals surface area contributed by atoms with Crippen LogP contribution in [0.2, 0.25) is 0 Å². The summed E-state index contributed by atoms with van der Waals surface area (Å²) in [4.78, 5) is 22.7. The Labute approximate surface area is 104 Å². The Morgan fingerprint density at radius 1 is 1.28 bits per heavy atom. The van der Waals surface area contributed by atoms with Gasteiger partial charge in [0.15, 0.2) is 5.76 Å². The number of hydrogen-bond donors (Lipinski definition) is 2. The van der Waals surface area contributed by atoms with E-state index in [0.29, 0.717) is 11.3 Å². The molecule has 2 rings (SSSR count). The molecule has 0 atom stereocenters. The van der Waals surface area contributed by atoms with Crippen LogP contribution in [0.5, 0.6) is 0 Å². The van der Waals surface area contributed by atoms with E-state index in [0.717, 1.165) is 5.56 Å². The lowest BCUT2D eigenvalue weighted by Crippen LogP contribution is -2.14. The van der Waals surface area contributed by atoms with Gasteiger partial charge in [0.05, 0.1) is 6.26 Å². The molecule has 0 radical (unpaired) electrons. The largest absolute Gasteiger partial charge is 0.459 e. The van der Waals surface area contributed by atoms with Gasteiger partial charge in [-0.25, -0.2) is 0 Å². The van der Waals surface area contributed by atoms with E-state index >= 15 is 0 Å². The molecule has 0 saturated carbocycles. The fourth-order valence-electron chi connectivity index (χ4n) is 1.55. The first kappa shape index (κ1) is 11.9. The third-order valence-electron chi connectivity index (χ3n) is 2.50. The van der Waals surface area contributed by atoms with Crippen molar-refractivity contribution in [2.75, 3.05) is 5.32 Å². The molecule has 0 unspecified atom stereocenters. The minimum Gasteiger partial charge on any atom is -0.459 e. The summed E-state index contributed by atoms with van der Waals surface area (Å²) in [6.07, 6.45) is 1.43. The molecule has 0 bridgehead atoms. The Morgan fingerprint density at radius 3 is 2.61 bits per heavy atom. The predicted molar refractivity (Wildman–Crippen MR) is 66.4 cm³/mol. The Kier molecular flexibility index (Phi) is 3.14. The van der Waals surface area contributed by atoms with Crippen LogP contribution in [0.4, 0.5) is 5.69 Å². The molecule has 2 aromatic rings. The van der Waals surface area contributed by atoms with Gasteiger partial charge in [-0.05, 0) is 42.8 Å². The van der Waals surface area contributed by atoms with Crippen LogP contribution in [0.1, 0.15) is 26.5 Å². The van der Waals surface area contributed by atoms with Gasteiger partial charge in [0.2, 0.25) is 5.91 Å². The van der Waals surface area contributed by atoms with Gasteiger partial charge < -0.3 is 15.5 Å². The van der Waals surface area contributed by atoms with Crippen LogP contribution in [0.15, 0.2) is 41.0 Å². The maximum Gasteiger partial charge on any atom is 0.291 e. The highest BCUT2D eigenvalue weighted by Crippen LogP contribution is 2.17. The second-order valence-electron chi connectivity index (χ2n) is 3.83. The molecule has 3 N–H and O–H groups in total. The minimum atomic E-state index is -0.498. The highest BCUT2D eigenvalue weighted by atomic mass is 16.3. The minimum absolute atomic E-state index is 0.230. The van der Waals surface area contributed by atoms with Gasteiger partial charge in [-0.15, -0.1) is 0 Å². The molecular weight excluding hydrogens is 232 g/mol. The molecule has 0 aliphatic carbocycles. The van der Waals surface area contributed by atoms with Crippen LogP contribution in [-0.2, 0) is 0 Å². The number of hydrogen-bond acceptors (Lipinski definition) is 3. The molecule has 1 aromatic heterocycles. The Morgan fingerprint density at radius 2 is 2.06 bits per heavy atom. The first-order valence-corrected chi connectivity index (χ1v) is 5.33. The van der Waals surface area contributed by atoms with Crippen LogP contribution in [0, 0.1) is 6.92 Å². The number of nitrogens with one attached hydrogen (secondary N) is 1. The second kappa shape index (κ2) is 4.75. The van der Waals surface area contributed by atoms with Crippen molar-refractivity contribution in [2.45, 2.75) is 6.92 Å². The van der Waals surface area contributed by atoms with Crippen molar-refractivity contribution in [3.8, 4) is 0 Å². The molecule has 18 heavy (non-hydrogen) atoms. The van der Waals surface area contributed by atoms with E-state index in [1.165, 1.54) is 6.26 Å². The lowest BCUT2D eigenvalue weighted by atomic mass is 10.1. The monoisotopic (exact) mass is 244 g/mol. The molecule has 0 aliphatic heterocycles. The van der Waals surface area contributed by atoms with Crippen LogP contribution in [0.3, 0.4) is 0 Å². The zero-order valence-corrected chi connectivity index (χ0v) is 9.77. The molecule has 92 valence electrons. The number of nitrogens with two attached hydrogens (primary N) is 1. The topological polar surface area (TPSA) is 85.3 Å². The lowest BCUT2D eigenvalue weighted by molar-refractivity contribution is 0.0991. The number of anilines is 1. The van der Waals surface area contributed by atoms with E-state index in [4.69, 9.17) is 10.2 Å². The maximum atomic E-state index is 11.7. The van der Waals surface area contributed by atoms with Gasteiger partial charge in [-0.1, -0.05) is 0 Å². The van der Waals surface area contributed by atoms with E-state index < -0.39 is 5.91 Å². The Balaban J connectivity index is 2.20. The average Bonchev–Trinajstić information content (AvgIpc) is 2.85. The van der Waals surface area contributed by atoms with Crippen molar-refractivity contribution < 1.29 is 14.0 Å². The van der Waals surface area contributed by atoms with Crippen molar-refractivity contribution in [1.29, 1.82) is 0 Å². The zero-order chi connectivity index (χ0) is 13.1. The fourth-order valence-corrected chi connectivity index (χ4v) is 1.55. The third kappa shape index (κ3) is 2.40. The standard InChI is InChI=1S/C13H12N2O3/c1-8-7-9(12(14)16)4-5-10(8)15-13(17)11-3-2-6-18-11/h2-7H,1H3,(H2,14,16)(H,15,17). The normalized spacial score (nSPS) is 10.1. The summed E-state index contributed by atoms with van der Waals surface area (Å²) < 4.78 is 4.98. The number of primary amides is 1. The number of amides is 2. The molecule has 0 aliphatic rings. The van der Waals surface area contributed by atoms with E-state index in [-0.39, 0.29) is 11.7 Å². The highest BCUT2D eigenvalue weighted by molar-refractivity contribution is 6.03. The van der Waals surface area contributed by atoms with Crippen LogP contribution >= 0.6 is 0 Å². The zero-order valence-electron chi connectivity index (χ0n) is 9.77. The number of aryl methyl sites for hydroxylation is 1. The summed E-state index contributed by atoms with van der Waals surface area (Å²) in [5.41, 5.74) is 6.94. The Hall–Kier alpha value is -2.56. The van der Waals surface area contributed by atoms with E-state index in [1.54, 1.807) is 37.3 Å². The van der Waals surface area contributed by atoms with E-state index in [1.807, 2.05) is 0 Å². The average molecular weight is 244 g/mol. The molecule has 1 aromatic carbocycles. The van der Waals surface area contributed by atoms with Gasteiger partial charge in [0.1, 0.15) is 0 Å². The van der Waals surface area contributed by atoms with Gasteiger partial charge in [-0.3, -0.25) is 9.59 Å². The molecule has 5 nitrogen and oxygen atoms in total. The third-order valence-corrected chi connectivity index (χ3v) is 2.50. The molecule has 0 saturated heterocycles. The summed E-state index contributed by atoms with van der Waals surface area (Å²) in [5.74, 6) is -0.606. The number of rotatable bonds is 3. The molecule has 2 amide bonds. The van der Waals surface area contributed by atoms with Gasteiger partial charge in [0.25, 0.3) is 5.91 Å². The SMILES string of the molecule is Cc1cc(C(N)=O)ccc1NC(=O)c1ccco1. The number of benzene rings is 1. The fraction of sp³-hybridized carbons (Fsp3) is 0.0769. The summed E-state index contributed by atoms with van der Waals surface area (Å²) >= 11 is 0. The van der Waals surface area contributed by atoms with Crippen molar-refractivity contribution >= 4 is 17.5 Å². The number of carbonyl (C=O) groups is 2. The quantitative estimate of drug-likeness (QED) is 0.865.